The molecule has 1 fully saturated rings. The first-order chi connectivity index (χ1) is 9.55. The molecule has 0 saturated carbocycles. The summed E-state index contributed by atoms with van der Waals surface area (Å²) in [7, 11) is -3.46. The molecule has 1 aromatic rings. The summed E-state index contributed by atoms with van der Waals surface area (Å²) in [6.45, 7) is 5.89. The van der Waals surface area contributed by atoms with Crippen molar-refractivity contribution in [3.8, 4) is 0 Å². The molecule has 112 valence electrons. The number of rotatable bonds is 5. The Morgan fingerprint density at radius 1 is 1.15 bits per heavy atom. The molecule has 0 amide bonds. The molecule has 1 aromatic carbocycles. The number of halogens is 1. The third-order valence-electron chi connectivity index (χ3n) is 3.61. The lowest BCUT2D eigenvalue weighted by molar-refractivity contribution is 0.186. The van der Waals surface area contributed by atoms with Crippen LogP contribution in [0.4, 0.5) is 0 Å². The van der Waals surface area contributed by atoms with Gasteiger partial charge in [0.15, 0.2) is 0 Å². The average Bonchev–Trinajstić information content (AvgIpc) is 2.46. The second-order valence-corrected chi connectivity index (χ2v) is 7.34. The quantitative estimate of drug-likeness (QED) is 0.838. The molecule has 0 spiro atoms. The van der Waals surface area contributed by atoms with Gasteiger partial charge in [-0.3, -0.25) is 0 Å². The number of hydrogen-bond acceptors (Lipinski definition) is 3. The monoisotopic (exact) mass is 316 g/mol. The van der Waals surface area contributed by atoms with Crippen molar-refractivity contribution in [1.29, 1.82) is 0 Å². The van der Waals surface area contributed by atoms with Crippen molar-refractivity contribution in [2.45, 2.75) is 24.7 Å². The molecule has 4 nitrogen and oxygen atoms in total. The molecule has 6 heteroatoms. The summed E-state index contributed by atoms with van der Waals surface area (Å²) in [5.74, 6) is 0. The molecule has 2 rings (SSSR count). The van der Waals surface area contributed by atoms with Crippen LogP contribution in [0.15, 0.2) is 29.2 Å². The van der Waals surface area contributed by atoms with Gasteiger partial charge in [0.05, 0.1) is 5.02 Å². The highest BCUT2D eigenvalue weighted by atomic mass is 35.5. The van der Waals surface area contributed by atoms with Crippen molar-refractivity contribution in [3.63, 3.8) is 0 Å². The Labute approximate surface area is 126 Å². The third kappa shape index (κ3) is 3.52. The Hall–Kier alpha value is -0.620. The summed E-state index contributed by atoms with van der Waals surface area (Å²) in [5.41, 5.74) is 0. The predicted molar refractivity (Wildman–Crippen MR) is 81.6 cm³/mol. The molecule has 1 saturated heterocycles. The van der Waals surface area contributed by atoms with Crippen molar-refractivity contribution in [2.24, 2.45) is 0 Å². The Kier molecular flexibility index (Phi) is 5.43. The van der Waals surface area contributed by atoms with E-state index >= 15 is 0 Å². The number of piperazine rings is 1. The van der Waals surface area contributed by atoms with Crippen molar-refractivity contribution < 1.29 is 8.42 Å². The first-order valence-corrected chi connectivity index (χ1v) is 8.84. The smallest absolute Gasteiger partial charge is 0.244 e. The van der Waals surface area contributed by atoms with Crippen LogP contribution in [-0.2, 0) is 10.0 Å². The summed E-state index contributed by atoms with van der Waals surface area (Å²) < 4.78 is 26.6. The Bertz CT molecular complexity index is 540. The zero-order valence-corrected chi connectivity index (χ0v) is 13.3. The van der Waals surface area contributed by atoms with Crippen molar-refractivity contribution in [2.75, 3.05) is 32.7 Å². The van der Waals surface area contributed by atoms with Crippen molar-refractivity contribution in [1.82, 2.24) is 9.21 Å². The van der Waals surface area contributed by atoms with Crippen LogP contribution in [0.1, 0.15) is 19.8 Å². The first kappa shape index (κ1) is 15.8. The van der Waals surface area contributed by atoms with E-state index < -0.39 is 10.0 Å². The van der Waals surface area contributed by atoms with Crippen LogP contribution < -0.4 is 0 Å². The molecule has 0 atom stereocenters. The van der Waals surface area contributed by atoms with E-state index in [-0.39, 0.29) is 4.90 Å². The standard InChI is InChI=1S/C14H21ClN2O2S/c1-2-3-8-16-9-11-17(12-10-16)20(18,19)14-7-5-4-6-13(14)15/h4-7H,2-3,8-12H2,1H3. The Balaban J connectivity index is 2.04. The fourth-order valence-electron chi connectivity index (χ4n) is 2.37. The van der Waals surface area contributed by atoms with Crippen LogP contribution in [0.2, 0.25) is 5.02 Å². The van der Waals surface area contributed by atoms with Crippen LogP contribution in [0, 0.1) is 0 Å². The highest BCUT2D eigenvalue weighted by Gasteiger charge is 2.29. The normalized spacial score (nSPS) is 18.3. The maximum absolute atomic E-state index is 12.6. The maximum atomic E-state index is 12.6. The SMILES string of the molecule is CCCCN1CCN(S(=O)(=O)c2ccccc2Cl)CC1. The van der Waals surface area contributed by atoms with Gasteiger partial charge >= 0.3 is 0 Å². The van der Waals surface area contributed by atoms with Crippen LogP contribution >= 0.6 is 11.6 Å². The molecule has 1 heterocycles. The van der Waals surface area contributed by atoms with Crippen LogP contribution in [-0.4, -0.2) is 50.3 Å². The van der Waals surface area contributed by atoms with Gasteiger partial charge in [0.25, 0.3) is 0 Å². The molecule has 20 heavy (non-hydrogen) atoms. The van der Waals surface area contributed by atoms with E-state index in [1.165, 1.54) is 4.31 Å². The van der Waals surface area contributed by atoms with Gasteiger partial charge in [0.1, 0.15) is 4.90 Å². The average molecular weight is 317 g/mol. The van der Waals surface area contributed by atoms with Crippen LogP contribution in [0.3, 0.4) is 0 Å². The zero-order chi connectivity index (χ0) is 14.6. The predicted octanol–water partition coefficient (Wildman–Crippen LogP) is 2.45. The van der Waals surface area contributed by atoms with Gasteiger partial charge in [-0.05, 0) is 25.1 Å². The topological polar surface area (TPSA) is 40.6 Å². The molecule has 0 radical (unpaired) electrons. The number of unbranched alkanes of at least 4 members (excludes halogenated alkanes) is 1. The zero-order valence-electron chi connectivity index (χ0n) is 11.8. The van der Waals surface area contributed by atoms with Crippen molar-refractivity contribution >= 4 is 21.6 Å². The van der Waals surface area contributed by atoms with Crippen LogP contribution in [0.5, 0.6) is 0 Å². The summed E-state index contributed by atoms with van der Waals surface area (Å²) >= 11 is 6.01. The molecule has 0 N–H and O–H groups in total. The van der Waals surface area contributed by atoms with E-state index in [0.29, 0.717) is 18.1 Å². The van der Waals surface area contributed by atoms with Crippen molar-refractivity contribution in [3.05, 3.63) is 29.3 Å². The summed E-state index contributed by atoms with van der Waals surface area (Å²) in [6.07, 6.45) is 2.33. The molecule has 0 aromatic heterocycles. The lowest BCUT2D eigenvalue weighted by Gasteiger charge is -2.34. The van der Waals surface area contributed by atoms with Gasteiger partial charge in [0, 0.05) is 26.2 Å². The van der Waals surface area contributed by atoms with E-state index in [4.69, 9.17) is 11.6 Å². The number of hydrogen-bond donors (Lipinski definition) is 0. The molecular weight excluding hydrogens is 296 g/mol. The summed E-state index contributed by atoms with van der Waals surface area (Å²) in [4.78, 5) is 2.53. The molecule has 0 aliphatic carbocycles. The van der Waals surface area contributed by atoms with Gasteiger partial charge in [-0.25, -0.2) is 8.42 Å². The summed E-state index contributed by atoms with van der Waals surface area (Å²) in [5, 5.41) is 0.293. The fourth-order valence-corrected chi connectivity index (χ4v) is 4.28. The Morgan fingerprint density at radius 2 is 1.80 bits per heavy atom. The molecular formula is C14H21ClN2O2S. The minimum atomic E-state index is -3.46. The maximum Gasteiger partial charge on any atom is 0.244 e. The molecule has 0 bridgehead atoms. The first-order valence-electron chi connectivity index (χ1n) is 7.02. The van der Waals surface area contributed by atoms with E-state index in [0.717, 1.165) is 32.5 Å². The Morgan fingerprint density at radius 3 is 2.40 bits per heavy atom. The van der Waals surface area contributed by atoms with Gasteiger partial charge in [-0.15, -0.1) is 0 Å². The second-order valence-electron chi connectivity index (χ2n) is 5.03. The lowest BCUT2D eigenvalue weighted by Crippen LogP contribution is -2.48. The minimum absolute atomic E-state index is 0.212. The minimum Gasteiger partial charge on any atom is -0.301 e. The fraction of sp³-hybridized carbons (Fsp3) is 0.571. The lowest BCUT2D eigenvalue weighted by atomic mass is 10.3. The summed E-state index contributed by atoms with van der Waals surface area (Å²) in [6, 6.07) is 6.63. The van der Waals surface area contributed by atoms with Gasteiger partial charge in [-0.1, -0.05) is 37.1 Å². The van der Waals surface area contributed by atoms with E-state index in [2.05, 4.69) is 11.8 Å². The van der Waals surface area contributed by atoms with Gasteiger partial charge in [0.2, 0.25) is 10.0 Å². The van der Waals surface area contributed by atoms with E-state index in [1.54, 1.807) is 24.3 Å². The number of benzene rings is 1. The van der Waals surface area contributed by atoms with Crippen LogP contribution in [0.25, 0.3) is 0 Å². The highest BCUT2D eigenvalue weighted by Crippen LogP contribution is 2.24. The van der Waals surface area contributed by atoms with E-state index in [9.17, 15) is 8.42 Å². The second kappa shape index (κ2) is 6.89. The highest BCUT2D eigenvalue weighted by molar-refractivity contribution is 7.89. The van der Waals surface area contributed by atoms with Gasteiger partial charge in [-0.2, -0.15) is 4.31 Å². The molecule has 0 unspecified atom stereocenters. The largest absolute Gasteiger partial charge is 0.301 e. The van der Waals surface area contributed by atoms with E-state index in [1.807, 2.05) is 0 Å². The number of sulfonamides is 1. The molecule has 1 aliphatic heterocycles. The molecule has 1 aliphatic rings. The third-order valence-corrected chi connectivity index (χ3v) is 6.01. The number of nitrogens with zero attached hydrogens (tertiary/aromatic N) is 2. The van der Waals surface area contributed by atoms with Gasteiger partial charge < -0.3 is 4.90 Å².